The first kappa shape index (κ1) is 10.3. The summed E-state index contributed by atoms with van der Waals surface area (Å²) in [6, 6.07) is 1.33. The first-order chi connectivity index (χ1) is 6.50. The summed E-state index contributed by atoms with van der Waals surface area (Å²) in [4.78, 5) is 23.4. The van der Waals surface area contributed by atoms with E-state index >= 15 is 0 Å². The van der Waals surface area contributed by atoms with E-state index in [1.807, 2.05) is 0 Å². The largest absolute Gasteiger partial charge is 0.494 e. The number of aromatic nitrogens is 1. The smallest absolute Gasteiger partial charge is 0.303 e. The maximum atomic E-state index is 10.9. The number of aliphatic carboxylic acids is 1. The van der Waals surface area contributed by atoms with Crippen molar-refractivity contribution in [3.8, 4) is 5.88 Å². The van der Waals surface area contributed by atoms with Crippen molar-refractivity contribution in [1.29, 1.82) is 0 Å². The fourth-order valence-electron chi connectivity index (χ4n) is 1.25. The van der Waals surface area contributed by atoms with Crippen LogP contribution in [0.4, 0.5) is 0 Å². The van der Waals surface area contributed by atoms with Crippen molar-refractivity contribution in [3.05, 3.63) is 27.5 Å². The van der Waals surface area contributed by atoms with Crippen molar-refractivity contribution in [2.24, 2.45) is 0 Å². The molecule has 0 saturated carbocycles. The van der Waals surface area contributed by atoms with Crippen LogP contribution in [0.25, 0.3) is 0 Å². The lowest BCUT2D eigenvalue weighted by molar-refractivity contribution is -0.136. The molecule has 0 aliphatic heterocycles. The number of carboxylic acids is 1. The van der Waals surface area contributed by atoms with Crippen LogP contribution in [-0.4, -0.2) is 21.2 Å². The number of pyridine rings is 1. The maximum Gasteiger partial charge on any atom is 0.303 e. The van der Waals surface area contributed by atoms with E-state index in [9.17, 15) is 14.7 Å². The fraction of sp³-hybridized carbons (Fsp3) is 0.333. The van der Waals surface area contributed by atoms with Crippen LogP contribution in [0.15, 0.2) is 10.9 Å². The number of aromatic hydroxyl groups is 1. The molecule has 0 atom stereocenters. The van der Waals surface area contributed by atoms with Crippen molar-refractivity contribution >= 4 is 5.97 Å². The second-order valence-corrected chi connectivity index (χ2v) is 3.04. The monoisotopic (exact) mass is 197 g/mol. The molecule has 14 heavy (non-hydrogen) atoms. The number of hydrogen-bond acceptors (Lipinski definition) is 3. The van der Waals surface area contributed by atoms with Crippen LogP contribution in [-0.2, 0) is 11.2 Å². The average molecular weight is 197 g/mol. The highest BCUT2D eigenvalue weighted by atomic mass is 16.4. The fourth-order valence-corrected chi connectivity index (χ4v) is 1.25. The van der Waals surface area contributed by atoms with Crippen molar-refractivity contribution in [1.82, 2.24) is 4.98 Å². The van der Waals surface area contributed by atoms with Crippen LogP contribution in [0, 0.1) is 6.92 Å². The van der Waals surface area contributed by atoms with Gasteiger partial charge >= 0.3 is 5.97 Å². The highest BCUT2D eigenvalue weighted by Gasteiger charge is 2.08. The SMILES string of the molecule is Cc1cc(=O)[nH]c(O)c1CCC(=O)O. The van der Waals surface area contributed by atoms with Gasteiger partial charge in [0.25, 0.3) is 5.56 Å². The van der Waals surface area contributed by atoms with Crippen molar-refractivity contribution in [3.63, 3.8) is 0 Å². The molecule has 5 nitrogen and oxygen atoms in total. The first-order valence-electron chi connectivity index (χ1n) is 4.14. The summed E-state index contributed by atoms with van der Waals surface area (Å²) >= 11 is 0. The molecule has 76 valence electrons. The Balaban J connectivity index is 2.97. The number of carboxylic acid groups (broad SMARTS) is 1. The Kier molecular flexibility index (Phi) is 2.91. The number of carbonyl (C=O) groups is 1. The van der Waals surface area contributed by atoms with Gasteiger partial charge in [-0.25, -0.2) is 0 Å². The number of aryl methyl sites for hydroxylation is 1. The van der Waals surface area contributed by atoms with E-state index in [0.717, 1.165) is 0 Å². The molecular weight excluding hydrogens is 186 g/mol. The molecule has 0 spiro atoms. The summed E-state index contributed by atoms with van der Waals surface area (Å²) in [5, 5.41) is 17.8. The van der Waals surface area contributed by atoms with Crippen LogP contribution >= 0.6 is 0 Å². The van der Waals surface area contributed by atoms with E-state index in [4.69, 9.17) is 5.11 Å². The predicted octanol–water partition coefficient (Wildman–Crippen LogP) is 0.406. The normalized spacial score (nSPS) is 10.1. The van der Waals surface area contributed by atoms with E-state index in [0.29, 0.717) is 11.1 Å². The van der Waals surface area contributed by atoms with Gasteiger partial charge in [0.2, 0.25) is 0 Å². The van der Waals surface area contributed by atoms with Crippen LogP contribution < -0.4 is 5.56 Å². The molecule has 3 N–H and O–H groups in total. The molecule has 1 rings (SSSR count). The lowest BCUT2D eigenvalue weighted by Gasteiger charge is -2.05. The lowest BCUT2D eigenvalue weighted by atomic mass is 10.1. The topological polar surface area (TPSA) is 90.4 Å². The molecule has 0 bridgehead atoms. The van der Waals surface area contributed by atoms with Gasteiger partial charge in [0, 0.05) is 18.1 Å². The molecule has 0 aromatic carbocycles. The van der Waals surface area contributed by atoms with Crippen molar-refractivity contribution in [2.45, 2.75) is 19.8 Å². The molecule has 0 aliphatic rings. The Morgan fingerprint density at radius 3 is 2.71 bits per heavy atom. The number of rotatable bonds is 3. The maximum absolute atomic E-state index is 10.9. The van der Waals surface area contributed by atoms with Gasteiger partial charge in [0.05, 0.1) is 0 Å². The molecule has 1 aromatic heterocycles. The summed E-state index contributed by atoms with van der Waals surface area (Å²) in [6.07, 6.45) is 0.143. The summed E-state index contributed by atoms with van der Waals surface area (Å²) < 4.78 is 0. The second kappa shape index (κ2) is 3.95. The summed E-state index contributed by atoms with van der Waals surface area (Å²) in [5.74, 6) is -1.17. The van der Waals surface area contributed by atoms with E-state index in [1.165, 1.54) is 6.07 Å². The number of aromatic amines is 1. The Bertz CT molecular complexity index is 382. The van der Waals surface area contributed by atoms with Crippen molar-refractivity contribution in [2.75, 3.05) is 0 Å². The van der Waals surface area contributed by atoms with Crippen molar-refractivity contribution < 1.29 is 15.0 Å². The van der Waals surface area contributed by atoms with Gasteiger partial charge in [-0.2, -0.15) is 0 Å². The zero-order chi connectivity index (χ0) is 10.7. The molecule has 5 heteroatoms. The molecule has 0 amide bonds. The van der Waals surface area contributed by atoms with Gasteiger partial charge in [-0.05, 0) is 18.9 Å². The molecule has 0 fully saturated rings. The highest BCUT2D eigenvalue weighted by Crippen LogP contribution is 2.17. The second-order valence-electron chi connectivity index (χ2n) is 3.04. The van der Waals surface area contributed by atoms with Crippen LogP contribution in [0.1, 0.15) is 17.5 Å². The Morgan fingerprint density at radius 1 is 1.57 bits per heavy atom. The molecular formula is C9H11NO4. The van der Waals surface area contributed by atoms with Gasteiger partial charge < -0.3 is 10.2 Å². The number of hydrogen-bond donors (Lipinski definition) is 3. The standard InChI is InChI=1S/C9H11NO4/c1-5-4-7(11)10-9(14)6(5)2-3-8(12)13/h4H,2-3H2,1H3,(H,12,13)(H2,10,11,14). The molecule has 0 aliphatic carbocycles. The Labute approximate surface area is 80.0 Å². The van der Waals surface area contributed by atoms with E-state index in [1.54, 1.807) is 6.92 Å². The van der Waals surface area contributed by atoms with Gasteiger partial charge in [-0.15, -0.1) is 0 Å². The molecule has 1 aromatic rings. The lowest BCUT2D eigenvalue weighted by Crippen LogP contribution is -2.08. The predicted molar refractivity (Wildman–Crippen MR) is 49.4 cm³/mol. The molecule has 1 heterocycles. The first-order valence-corrected chi connectivity index (χ1v) is 4.14. The summed E-state index contributed by atoms with van der Waals surface area (Å²) in [5.41, 5.74) is 0.693. The van der Waals surface area contributed by atoms with Crippen LogP contribution in [0.5, 0.6) is 5.88 Å². The quantitative estimate of drug-likeness (QED) is 0.654. The van der Waals surface area contributed by atoms with Gasteiger partial charge in [-0.1, -0.05) is 0 Å². The van der Waals surface area contributed by atoms with Crippen LogP contribution in [0.3, 0.4) is 0 Å². The third-order valence-corrected chi connectivity index (χ3v) is 1.94. The van der Waals surface area contributed by atoms with Crippen LogP contribution in [0.2, 0.25) is 0 Å². The van der Waals surface area contributed by atoms with E-state index in [2.05, 4.69) is 4.98 Å². The molecule has 0 saturated heterocycles. The number of nitrogens with one attached hydrogen (secondary N) is 1. The van der Waals surface area contributed by atoms with Gasteiger partial charge in [0.1, 0.15) is 0 Å². The molecule has 0 unspecified atom stereocenters. The number of H-pyrrole nitrogens is 1. The summed E-state index contributed by atoms with van der Waals surface area (Å²) in [6.45, 7) is 1.66. The van der Waals surface area contributed by atoms with Gasteiger partial charge in [-0.3, -0.25) is 14.6 Å². The highest BCUT2D eigenvalue weighted by molar-refractivity contribution is 5.67. The third kappa shape index (κ3) is 2.35. The minimum absolute atomic E-state index is 0.0690. The van der Waals surface area contributed by atoms with E-state index in [-0.39, 0.29) is 24.3 Å². The molecule has 0 radical (unpaired) electrons. The summed E-state index contributed by atoms with van der Waals surface area (Å²) in [7, 11) is 0. The minimum Gasteiger partial charge on any atom is -0.494 e. The van der Waals surface area contributed by atoms with E-state index < -0.39 is 5.97 Å². The Hall–Kier alpha value is -1.78. The third-order valence-electron chi connectivity index (χ3n) is 1.94. The average Bonchev–Trinajstić information content (AvgIpc) is 2.01. The zero-order valence-electron chi connectivity index (χ0n) is 7.70. The zero-order valence-corrected chi connectivity index (χ0v) is 7.70. The Morgan fingerprint density at radius 2 is 2.21 bits per heavy atom. The minimum atomic E-state index is -0.935. The van der Waals surface area contributed by atoms with Gasteiger partial charge in [0.15, 0.2) is 5.88 Å².